The third-order valence-corrected chi connectivity index (χ3v) is 4.21. The second-order valence-corrected chi connectivity index (χ2v) is 6.08. The Labute approximate surface area is 130 Å². The maximum atomic E-state index is 11.3. The highest BCUT2D eigenvalue weighted by Gasteiger charge is 2.08. The summed E-state index contributed by atoms with van der Waals surface area (Å²) in [5.41, 5.74) is 3.42. The van der Waals surface area contributed by atoms with Gasteiger partial charge in [-0.3, -0.25) is 4.79 Å². The molecule has 0 aliphatic carbocycles. The van der Waals surface area contributed by atoms with Crippen molar-refractivity contribution in [2.75, 3.05) is 6.61 Å². The number of hydrogen-bond acceptors (Lipinski definition) is 4. The third-order valence-electron chi connectivity index (χ3n) is 3.27. The van der Waals surface area contributed by atoms with Crippen molar-refractivity contribution in [2.24, 2.45) is 0 Å². The average molecular weight is 303 g/mol. The predicted molar refractivity (Wildman–Crippen MR) is 86.6 cm³/mol. The van der Waals surface area contributed by atoms with Gasteiger partial charge >= 0.3 is 5.97 Å². The molecule has 0 radical (unpaired) electrons. The van der Waals surface area contributed by atoms with Gasteiger partial charge in [0, 0.05) is 17.4 Å². The predicted octanol–water partition coefficient (Wildman–Crippen LogP) is 4.43. The van der Waals surface area contributed by atoms with Crippen LogP contribution in [0.5, 0.6) is 0 Å². The molecule has 0 unspecified atom stereocenters. The molecule has 0 atom stereocenters. The Bertz CT molecular complexity index is 587. The maximum Gasteiger partial charge on any atom is 0.306 e. The number of aromatic nitrogens is 1. The van der Waals surface area contributed by atoms with Crippen LogP contribution in [0.25, 0.3) is 10.6 Å². The Morgan fingerprint density at radius 3 is 2.62 bits per heavy atom. The number of benzene rings is 1. The minimum absolute atomic E-state index is 0.159. The number of nitrogens with zero attached hydrogens (tertiary/aromatic N) is 1. The highest BCUT2D eigenvalue weighted by molar-refractivity contribution is 7.13. The summed E-state index contributed by atoms with van der Waals surface area (Å²) in [5.74, 6) is 0.379. The first-order chi connectivity index (χ1) is 10.1. The summed E-state index contributed by atoms with van der Waals surface area (Å²) in [5, 5.41) is 3.02. The number of hydrogen-bond donors (Lipinski definition) is 0. The smallest absolute Gasteiger partial charge is 0.306 e. The van der Waals surface area contributed by atoms with Crippen molar-refractivity contribution in [1.82, 2.24) is 4.98 Å². The van der Waals surface area contributed by atoms with Crippen molar-refractivity contribution in [2.45, 2.75) is 39.5 Å². The minimum atomic E-state index is -0.159. The van der Waals surface area contributed by atoms with Gasteiger partial charge in [-0.1, -0.05) is 38.1 Å². The van der Waals surface area contributed by atoms with E-state index < -0.39 is 0 Å². The SMILES string of the molecule is CCOC(=O)CCc1csc(-c2ccc(C(C)C)cc2)n1. The molecule has 4 heteroatoms. The zero-order valence-electron chi connectivity index (χ0n) is 12.8. The highest BCUT2D eigenvalue weighted by Crippen LogP contribution is 2.26. The van der Waals surface area contributed by atoms with Crippen LogP contribution in [0, 0.1) is 0 Å². The van der Waals surface area contributed by atoms with E-state index in [0.29, 0.717) is 25.4 Å². The second kappa shape index (κ2) is 7.36. The van der Waals surface area contributed by atoms with Gasteiger partial charge in [-0.2, -0.15) is 0 Å². The van der Waals surface area contributed by atoms with Gasteiger partial charge in [0.15, 0.2) is 0 Å². The van der Waals surface area contributed by atoms with Gasteiger partial charge in [0.1, 0.15) is 5.01 Å². The average Bonchev–Trinajstić information content (AvgIpc) is 2.94. The molecule has 2 aromatic rings. The zero-order valence-corrected chi connectivity index (χ0v) is 13.6. The fourth-order valence-electron chi connectivity index (χ4n) is 2.03. The van der Waals surface area contributed by atoms with Gasteiger partial charge in [0.25, 0.3) is 0 Å². The first kappa shape index (κ1) is 15.7. The fourth-order valence-corrected chi connectivity index (χ4v) is 2.89. The first-order valence-corrected chi connectivity index (χ1v) is 8.18. The molecule has 0 aliphatic heterocycles. The summed E-state index contributed by atoms with van der Waals surface area (Å²) in [7, 11) is 0. The number of aryl methyl sites for hydroxylation is 1. The van der Waals surface area contributed by atoms with Gasteiger partial charge in [0.2, 0.25) is 0 Å². The Morgan fingerprint density at radius 2 is 2.00 bits per heavy atom. The molecule has 0 N–H and O–H groups in total. The van der Waals surface area contributed by atoms with E-state index in [0.717, 1.165) is 16.3 Å². The summed E-state index contributed by atoms with van der Waals surface area (Å²) >= 11 is 1.62. The van der Waals surface area contributed by atoms with Crippen LogP contribution < -0.4 is 0 Å². The van der Waals surface area contributed by atoms with Crippen molar-refractivity contribution in [1.29, 1.82) is 0 Å². The normalized spacial score (nSPS) is 10.9. The van der Waals surface area contributed by atoms with Gasteiger partial charge in [-0.05, 0) is 18.4 Å². The Balaban J connectivity index is 2.00. The van der Waals surface area contributed by atoms with Crippen LogP contribution in [0.2, 0.25) is 0 Å². The molecular weight excluding hydrogens is 282 g/mol. The number of carbonyl (C=O) groups is 1. The lowest BCUT2D eigenvalue weighted by atomic mass is 10.0. The lowest BCUT2D eigenvalue weighted by Gasteiger charge is -2.05. The molecule has 0 bridgehead atoms. The molecule has 112 valence electrons. The lowest BCUT2D eigenvalue weighted by molar-refractivity contribution is -0.143. The molecule has 1 heterocycles. The fraction of sp³-hybridized carbons (Fsp3) is 0.412. The van der Waals surface area contributed by atoms with Gasteiger partial charge < -0.3 is 4.74 Å². The number of carbonyl (C=O) groups excluding carboxylic acids is 1. The quantitative estimate of drug-likeness (QED) is 0.741. The van der Waals surface area contributed by atoms with Crippen LogP contribution in [0.4, 0.5) is 0 Å². The summed E-state index contributed by atoms with van der Waals surface area (Å²) in [6.07, 6.45) is 1.03. The highest BCUT2D eigenvalue weighted by atomic mass is 32.1. The second-order valence-electron chi connectivity index (χ2n) is 5.23. The number of ether oxygens (including phenoxy) is 1. The Kier molecular flexibility index (Phi) is 5.51. The van der Waals surface area contributed by atoms with E-state index >= 15 is 0 Å². The molecular formula is C17H21NO2S. The van der Waals surface area contributed by atoms with Crippen LogP contribution in [-0.4, -0.2) is 17.6 Å². The zero-order chi connectivity index (χ0) is 15.2. The van der Waals surface area contributed by atoms with Crippen LogP contribution in [0.15, 0.2) is 29.6 Å². The van der Waals surface area contributed by atoms with E-state index in [4.69, 9.17) is 4.74 Å². The van der Waals surface area contributed by atoms with Crippen LogP contribution in [-0.2, 0) is 16.0 Å². The largest absolute Gasteiger partial charge is 0.466 e. The van der Waals surface area contributed by atoms with E-state index in [1.54, 1.807) is 11.3 Å². The van der Waals surface area contributed by atoms with Crippen LogP contribution in [0.1, 0.15) is 44.4 Å². The first-order valence-electron chi connectivity index (χ1n) is 7.30. The molecule has 0 saturated carbocycles. The molecule has 1 aromatic carbocycles. The summed E-state index contributed by atoms with van der Waals surface area (Å²) in [4.78, 5) is 15.9. The number of esters is 1. The van der Waals surface area contributed by atoms with Crippen molar-refractivity contribution < 1.29 is 9.53 Å². The monoisotopic (exact) mass is 303 g/mol. The Morgan fingerprint density at radius 1 is 1.29 bits per heavy atom. The molecule has 21 heavy (non-hydrogen) atoms. The van der Waals surface area contributed by atoms with E-state index in [9.17, 15) is 4.79 Å². The maximum absolute atomic E-state index is 11.3. The van der Waals surface area contributed by atoms with E-state index in [1.165, 1.54) is 5.56 Å². The molecule has 0 amide bonds. The molecule has 2 rings (SSSR count). The standard InChI is InChI=1S/C17H21NO2S/c1-4-20-16(19)10-9-15-11-21-17(18-15)14-7-5-13(6-8-14)12(2)3/h5-8,11-12H,4,9-10H2,1-3H3. The topological polar surface area (TPSA) is 39.2 Å². The molecule has 0 aliphatic rings. The van der Waals surface area contributed by atoms with Gasteiger partial charge in [0.05, 0.1) is 18.7 Å². The molecule has 0 spiro atoms. The third kappa shape index (κ3) is 4.39. The van der Waals surface area contributed by atoms with Crippen LogP contribution >= 0.6 is 11.3 Å². The molecule has 3 nitrogen and oxygen atoms in total. The summed E-state index contributed by atoms with van der Waals surface area (Å²) in [6, 6.07) is 8.53. The number of thiazole rings is 1. The van der Waals surface area contributed by atoms with Crippen molar-refractivity contribution in [3.63, 3.8) is 0 Å². The molecule has 0 saturated heterocycles. The van der Waals surface area contributed by atoms with Crippen molar-refractivity contribution in [3.8, 4) is 10.6 Å². The molecule has 1 aromatic heterocycles. The van der Waals surface area contributed by atoms with Crippen LogP contribution in [0.3, 0.4) is 0 Å². The summed E-state index contributed by atoms with van der Waals surface area (Å²) in [6.45, 7) is 6.63. The van der Waals surface area contributed by atoms with Crippen molar-refractivity contribution in [3.05, 3.63) is 40.9 Å². The Hall–Kier alpha value is -1.68. The minimum Gasteiger partial charge on any atom is -0.466 e. The van der Waals surface area contributed by atoms with E-state index in [-0.39, 0.29) is 5.97 Å². The van der Waals surface area contributed by atoms with Gasteiger partial charge in [-0.25, -0.2) is 4.98 Å². The lowest BCUT2D eigenvalue weighted by Crippen LogP contribution is -2.05. The van der Waals surface area contributed by atoms with Gasteiger partial charge in [-0.15, -0.1) is 11.3 Å². The summed E-state index contributed by atoms with van der Waals surface area (Å²) < 4.78 is 4.93. The van der Waals surface area contributed by atoms with E-state index in [1.807, 2.05) is 12.3 Å². The number of rotatable bonds is 6. The van der Waals surface area contributed by atoms with E-state index in [2.05, 4.69) is 43.1 Å². The molecule has 0 fully saturated rings. The van der Waals surface area contributed by atoms with Crippen molar-refractivity contribution >= 4 is 17.3 Å².